The van der Waals surface area contributed by atoms with Gasteiger partial charge in [-0.25, -0.2) is 18.7 Å². The number of nitrogens with zero attached hydrogens (tertiary/aromatic N) is 6. The molecule has 4 aromatic rings. The molecule has 0 saturated heterocycles. The quantitative estimate of drug-likeness (QED) is 0.397. The van der Waals surface area contributed by atoms with Crippen molar-refractivity contribution >= 4 is 23.2 Å². The first-order chi connectivity index (χ1) is 16.4. The molecule has 3 atom stereocenters. The van der Waals surface area contributed by atoms with Gasteiger partial charge >= 0.3 is 6.09 Å². The van der Waals surface area contributed by atoms with Gasteiger partial charge in [-0.1, -0.05) is 0 Å². The third kappa shape index (κ3) is 4.30. The highest BCUT2D eigenvalue weighted by Gasteiger charge is 2.40. The normalized spacial score (nSPS) is 20.2. The number of nitrogens with one attached hydrogen (secondary N) is 3. The first-order valence-electron chi connectivity index (χ1n) is 11.1. The van der Waals surface area contributed by atoms with Crippen molar-refractivity contribution in [1.82, 2.24) is 39.9 Å². The van der Waals surface area contributed by atoms with Crippen LogP contribution in [0.25, 0.3) is 16.8 Å². The molecule has 0 radical (unpaired) electrons. The van der Waals surface area contributed by atoms with Gasteiger partial charge in [-0.15, -0.1) is 0 Å². The highest BCUT2D eigenvalue weighted by molar-refractivity contribution is 5.75. The van der Waals surface area contributed by atoms with Crippen molar-refractivity contribution in [2.24, 2.45) is 7.05 Å². The maximum absolute atomic E-state index is 15.1. The Labute approximate surface area is 194 Å². The number of carbonyl (C=O) groups excluding carboxylic acids is 1. The number of carbonyl (C=O) groups is 1. The summed E-state index contributed by atoms with van der Waals surface area (Å²) in [7, 11) is 1.84. The van der Waals surface area contributed by atoms with E-state index in [9.17, 15) is 4.79 Å². The number of fused-ring (bicyclic) bond motifs is 1. The molecule has 1 aliphatic rings. The van der Waals surface area contributed by atoms with Crippen molar-refractivity contribution < 1.29 is 13.9 Å². The summed E-state index contributed by atoms with van der Waals surface area (Å²) in [5, 5.41) is 21.6. The molecule has 0 aromatic carbocycles. The van der Waals surface area contributed by atoms with E-state index in [2.05, 4.69) is 31.0 Å². The highest BCUT2D eigenvalue weighted by atomic mass is 19.1. The number of aromatic amines is 1. The lowest BCUT2D eigenvalue weighted by Crippen LogP contribution is -2.36. The Hall–Kier alpha value is -3.96. The van der Waals surface area contributed by atoms with E-state index in [0.29, 0.717) is 35.9 Å². The van der Waals surface area contributed by atoms with Crippen LogP contribution in [0.5, 0.6) is 0 Å². The van der Waals surface area contributed by atoms with Gasteiger partial charge in [0.05, 0.1) is 24.3 Å². The molecule has 4 heterocycles. The second-order valence-electron chi connectivity index (χ2n) is 8.74. The van der Waals surface area contributed by atoms with Crippen molar-refractivity contribution in [2.45, 2.75) is 50.9 Å². The first kappa shape index (κ1) is 21.9. The number of anilines is 2. The van der Waals surface area contributed by atoms with Crippen LogP contribution in [0.1, 0.15) is 38.3 Å². The number of alkyl halides is 1. The van der Waals surface area contributed by atoms with Crippen LogP contribution in [0.2, 0.25) is 0 Å². The molecule has 0 bridgehead atoms. The van der Waals surface area contributed by atoms with Crippen LogP contribution in [0.3, 0.4) is 0 Å². The molecule has 0 unspecified atom stereocenters. The predicted octanol–water partition coefficient (Wildman–Crippen LogP) is 3.32. The van der Waals surface area contributed by atoms with E-state index in [1.165, 1.54) is 0 Å². The zero-order valence-electron chi connectivity index (χ0n) is 19.1. The van der Waals surface area contributed by atoms with Crippen molar-refractivity contribution in [3.05, 3.63) is 42.6 Å². The molecule has 3 N–H and O–H groups in total. The standard InChI is InChI=1S/C22H26FN9O2/c1-12(2)26-22(33)34-18-5-4-14(20(18)23)15-8-19(30-29-15)28-21-17-6-7-24-32(17)11-16(27-21)13-9-25-31(3)10-13/h6-12,14,18,20H,4-5H2,1-3H3,(H,26,33)(H2,27,28,29,30)/t14-,18-,20-/m1/s1. The van der Waals surface area contributed by atoms with Crippen LogP contribution in [0.15, 0.2) is 36.9 Å². The van der Waals surface area contributed by atoms with Gasteiger partial charge in [0.25, 0.3) is 0 Å². The van der Waals surface area contributed by atoms with E-state index in [1.807, 2.05) is 39.4 Å². The van der Waals surface area contributed by atoms with Crippen molar-refractivity contribution in [3.63, 3.8) is 0 Å². The first-order valence-corrected chi connectivity index (χ1v) is 11.1. The summed E-state index contributed by atoms with van der Waals surface area (Å²) in [6.45, 7) is 3.65. The van der Waals surface area contributed by atoms with Crippen molar-refractivity contribution in [2.75, 3.05) is 5.32 Å². The van der Waals surface area contributed by atoms with E-state index in [1.54, 1.807) is 27.7 Å². The third-order valence-corrected chi connectivity index (χ3v) is 5.80. The number of ether oxygens (including phenoxy) is 1. The molecule has 178 valence electrons. The van der Waals surface area contributed by atoms with Gasteiger partial charge < -0.3 is 15.4 Å². The lowest BCUT2D eigenvalue weighted by atomic mass is 10.0. The van der Waals surface area contributed by atoms with Gasteiger partial charge in [-0.05, 0) is 32.8 Å². The fraction of sp³-hybridized carbons (Fsp3) is 0.409. The number of alkyl carbamates (subject to hydrolysis) is 1. The number of hydrogen-bond acceptors (Lipinski definition) is 7. The molecule has 1 aliphatic carbocycles. The average molecular weight is 468 g/mol. The Balaban J connectivity index is 1.33. The maximum Gasteiger partial charge on any atom is 0.407 e. The summed E-state index contributed by atoms with van der Waals surface area (Å²) < 4.78 is 23.8. The van der Waals surface area contributed by atoms with Crippen LogP contribution in [-0.4, -0.2) is 59.0 Å². The minimum absolute atomic E-state index is 0.0727. The zero-order chi connectivity index (χ0) is 23.8. The number of hydrogen-bond donors (Lipinski definition) is 3. The summed E-state index contributed by atoms with van der Waals surface area (Å²) in [5.41, 5.74) is 2.95. The average Bonchev–Trinajstić information content (AvgIpc) is 3.56. The number of halogens is 1. The third-order valence-electron chi connectivity index (χ3n) is 5.80. The van der Waals surface area contributed by atoms with E-state index >= 15 is 4.39 Å². The molecule has 1 fully saturated rings. The maximum atomic E-state index is 15.1. The Morgan fingerprint density at radius 1 is 1.29 bits per heavy atom. The number of rotatable bonds is 6. The van der Waals surface area contributed by atoms with E-state index in [4.69, 9.17) is 9.72 Å². The second-order valence-corrected chi connectivity index (χ2v) is 8.74. The van der Waals surface area contributed by atoms with Crippen molar-refractivity contribution in [3.8, 4) is 11.3 Å². The fourth-order valence-electron chi connectivity index (χ4n) is 4.20. The molecule has 1 amide bonds. The molecular formula is C22H26FN9O2. The number of aromatic nitrogens is 7. The molecule has 5 rings (SSSR count). The number of aryl methyl sites for hydroxylation is 1. The topological polar surface area (TPSA) is 127 Å². The number of amides is 1. The van der Waals surface area contributed by atoms with Gasteiger partial charge in [0.1, 0.15) is 17.8 Å². The molecular weight excluding hydrogens is 441 g/mol. The van der Waals surface area contributed by atoms with Gasteiger partial charge in [-0.2, -0.15) is 15.3 Å². The lowest BCUT2D eigenvalue weighted by molar-refractivity contribution is 0.0555. The van der Waals surface area contributed by atoms with Gasteiger partial charge in [-0.3, -0.25) is 9.78 Å². The van der Waals surface area contributed by atoms with E-state index < -0.39 is 24.3 Å². The second kappa shape index (κ2) is 8.76. The fourth-order valence-corrected chi connectivity index (χ4v) is 4.20. The van der Waals surface area contributed by atoms with Gasteiger partial charge in [0, 0.05) is 42.5 Å². The van der Waals surface area contributed by atoms with Crippen LogP contribution < -0.4 is 10.6 Å². The van der Waals surface area contributed by atoms with Crippen molar-refractivity contribution in [1.29, 1.82) is 0 Å². The Bertz CT molecular complexity index is 1310. The molecule has 4 aromatic heterocycles. The summed E-state index contributed by atoms with van der Waals surface area (Å²) in [6, 6.07) is 3.53. The van der Waals surface area contributed by atoms with Crippen LogP contribution in [-0.2, 0) is 11.8 Å². The number of H-pyrrole nitrogens is 1. The zero-order valence-corrected chi connectivity index (χ0v) is 19.1. The molecule has 12 heteroatoms. The molecule has 34 heavy (non-hydrogen) atoms. The Morgan fingerprint density at radius 3 is 2.91 bits per heavy atom. The Morgan fingerprint density at radius 2 is 2.15 bits per heavy atom. The highest BCUT2D eigenvalue weighted by Crippen LogP contribution is 2.38. The van der Waals surface area contributed by atoms with E-state index in [-0.39, 0.29) is 6.04 Å². The van der Waals surface area contributed by atoms with Crippen LogP contribution in [0, 0.1) is 0 Å². The summed E-state index contributed by atoms with van der Waals surface area (Å²) in [5.74, 6) is 0.624. The monoisotopic (exact) mass is 467 g/mol. The summed E-state index contributed by atoms with van der Waals surface area (Å²) in [4.78, 5) is 16.6. The predicted molar refractivity (Wildman–Crippen MR) is 122 cm³/mol. The molecule has 1 saturated carbocycles. The molecule has 0 spiro atoms. The van der Waals surface area contributed by atoms with Crippen LogP contribution in [0.4, 0.5) is 20.8 Å². The minimum Gasteiger partial charge on any atom is -0.443 e. The smallest absolute Gasteiger partial charge is 0.407 e. The minimum atomic E-state index is -1.32. The molecule has 11 nitrogen and oxygen atoms in total. The van der Waals surface area contributed by atoms with Gasteiger partial charge in [0.2, 0.25) is 0 Å². The Kier molecular flexibility index (Phi) is 5.64. The lowest BCUT2D eigenvalue weighted by Gasteiger charge is -2.18. The van der Waals surface area contributed by atoms with Crippen LogP contribution >= 0.6 is 0 Å². The van der Waals surface area contributed by atoms with E-state index in [0.717, 1.165) is 11.1 Å². The van der Waals surface area contributed by atoms with Gasteiger partial charge in [0.15, 0.2) is 11.6 Å². The SMILES string of the molecule is CC(C)NC(=O)O[C@@H]1CC[C@H](c2cc(Nc3nc(-c4cnn(C)c4)cn4nccc34)n[nH]2)[C@H]1F. The summed E-state index contributed by atoms with van der Waals surface area (Å²) >= 11 is 0. The molecule has 0 aliphatic heterocycles. The largest absolute Gasteiger partial charge is 0.443 e. The summed E-state index contributed by atoms with van der Waals surface area (Å²) in [6.07, 6.45) is 5.41.